The molecule has 112 valence electrons. The third-order valence-corrected chi connectivity index (χ3v) is 10.6. The molecule has 0 spiro atoms. The van der Waals surface area contributed by atoms with Gasteiger partial charge in [0.2, 0.25) is 8.32 Å². The smallest absolute Gasteiger partial charge is 0.287 e. The SMILES string of the molecule is CC[Si](CC)(CC)OS(=O)(=O)c1ccc([N+](=O)[O-])cc1. The van der Waals surface area contributed by atoms with Gasteiger partial charge in [-0.1, -0.05) is 20.8 Å². The third kappa shape index (κ3) is 3.65. The van der Waals surface area contributed by atoms with E-state index in [1.54, 1.807) is 0 Å². The molecule has 0 aliphatic heterocycles. The molecule has 20 heavy (non-hydrogen) atoms. The number of rotatable bonds is 7. The fourth-order valence-electron chi connectivity index (χ4n) is 1.94. The van der Waals surface area contributed by atoms with Crippen molar-refractivity contribution in [2.45, 2.75) is 43.8 Å². The monoisotopic (exact) mass is 317 g/mol. The molecule has 8 heteroatoms. The molecule has 0 saturated carbocycles. The van der Waals surface area contributed by atoms with Crippen LogP contribution in [0.25, 0.3) is 0 Å². The Morgan fingerprint density at radius 2 is 1.55 bits per heavy atom. The number of nitro benzene ring substituents is 1. The van der Waals surface area contributed by atoms with Gasteiger partial charge in [0.25, 0.3) is 15.8 Å². The van der Waals surface area contributed by atoms with E-state index in [4.69, 9.17) is 3.87 Å². The normalized spacial score (nSPS) is 12.3. The average Bonchev–Trinajstić information content (AvgIpc) is 2.45. The Bertz CT molecular complexity index is 558. The Labute approximate surface area is 120 Å². The Morgan fingerprint density at radius 1 is 1.10 bits per heavy atom. The van der Waals surface area contributed by atoms with Crippen LogP contribution in [0.1, 0.15) is 20.8 Å². The minimum absolute atomic E-state index is 0.0321. The first kappa shape index (κ1) is 16.8. The summed E-state index contributed by atoms with van der Waals surface area (Å²) < 4.78 is 30.0. The lowest BCUT2D eigenvalue weighted by atomic mass is 10.3. The molecule has 6 nitrogen and oxygen atoms in total. The number of non-ortho nitro benzene ring substituents is 1. The van der Waals surface area contributed by atoms with E-state index in [1.807, 2.05) is 20.8 Å². The van der Waals surface area contributed by atoms with E-state index in [2.05, 4.69) is 0 Å². The van der Waals surface area contributed by atoms with Gasteiger partial charge in [-0.25, -0.2) is 0 Å². The van der Waals surface area contributed by atoms with Crippen molar-refractivity contribution in [1.82, 2.24) is 0 Å². The van der Waals surface area contributed by atoms with Crippen molar-refractivity contribution in [2.75, 3.05) is 0 Å². The highest BCUT2D eigenvalue weighted by Gasteiger charge is 2.35. The summed E-state index contributed by atoms with van der Waals surface area (Å²) >= 11 is 0. The van der Waals surface area contributed by atoms with Crippen molar-refractivity contribution in [3.05, 3.63) is 34.4 Å². The van der Waals surface area contributed by atoms with E-state index >= 15 is 0 Å². The highest BCUT2D eigenvalue weighted by atomic mass is 32.2. The van der Waals surface area contributed by atoms with E-state index in [0.717, 1.165) is 0 Å². The first-order valence-electron chi connectivity index (χ1n) is 6.50. The zero-order chi connectivity index (χ0) is 15.4. The standard InChI is InChI=1S/C12H19NO5SSi/c1-4-20(5-2,6-3)18-19(16,17)12-9-7-11(8-10-12)13(14)15/h7-10H,4-6H2,1-3H3. The summed E-state index contributed by atoms with van der Waals surface area (Å²) in [5.74, 6) is 0. The van der Waals surface area contributed by atoms with Gasteiger partial charge in [-0.15, -0.1) is 0 Å². The predicted molar refractivity (Wildman–Crippen MR) is 78.6 cm³/mol. The lowest BCUT2D eigenvalue weighted by Gasteiger charge is -2.26. The van der Waals surface area contributed by atoms with Gasteiger partial charge in [0, 0.05) is 12.1 Å². The Hall–Kier alpha value is -1.25. The van der Waals surface area contributed by atoms with Crippen molar-refractivity contribution in [3.8, 4) is 0 Å². The maximum atomic E-state index is 12.2. The van der Waals surface area contributed by atoms with Gasteiger partial charge in [0.05, 0.1) is 9.82 Å². The summed E-state index contributed by atoms with van der Waals surface area (Å²) in [5.41, 5.74) is -0.145. The lowest BCUT2D eigenvalue weighted by Crippen LogP contribution is -2.38. The van der Waals surface area contributed by atoms with Crippen molar-refractivity contribution < 1.29 is 17.2 Å². The van der Waals surface area contributed by atoms with Crippen LogP contribution in [0.2, 0.25) is 18.1 Å². The molecule has 1 rings (SSSR count). The Morgan fingerprint density at radius 3 is 1.90 bits per heavy atom. The minimum Gasteiger partial charge on any atom is -0.311 e. The Balaban J connectivity index is 3.07. The number of benzene rings is 1. The zero-order valence-electron chi connectivity index (χ0n) is 11.8. The average molecular weight is 317 g/mol. The van der Waals surface area contributed by atoms with Gasteiger partial charge in [-0.05, 0) is 30.3 Å². The maximum Gasteiger partial charge on any atom is 0.287 e. The summed E-state index contributed by atoms with van der Waals surface area (Å²) in [6, 6.07) is 6.92. The fourth-order valence-corrected chi connectivity index (χ4v) is 7.57. The van der Waals surface area contributed by atoms with Crippen LogP contribution in [-0.4, -0.2) is 21.7 Å². The first-order chi connectivity index (χ1) is 9.30. The van der Waals surface area contributed by atoms with Gasteiger partial charge in [0.15, 0.2) is 0 Å². The number of nitro groups is 1. The van der Waals surface area contributed by atoms with Gasteiger partial charge in [-0.2, -0.15) is 8.42 Å². The van der Waals surface area contributed by atoms with Crippen LogP contribution in [0.3, 0.4) is 0 Å². The van der Waals surface area contributed by atoms with E-state index in [0.29, 0.717) is 18.1 Å². The van der Waals surface area contributed by atoms with Gasteiger partial charge >= 0.3 is 0 Å². The Kier molecular flexibility index (Phi) is 5.43. The molecule has 0 radical (unpaired) electrons. The quantitative estimate of drug-likeness (QED) is 0.437. The first-order valence-corrected chi connectivity index (χ1v) is 10.4. The molecule has 0 bridgehead atoms. The summed E-state index contributed by atoms with van der Waals surface area (Å²) in [7, 11) is -6.15. The second-order valence-electron chi connectivity index (χ2n) is 4.53. The molecule has 0 saturated heterocycles. The van der Waals surface area contributed by atoms with E-state index in [-0.39, 0.29) is 10.6 Å². The van der Waals surface area contributed by atoms with Crippen LogP contribution in [0.15, 0.2) is 29.2 Å². The van der Waals surface area contributed by atoms with Crippen molar-refractivity contribution in [1.29, 1.82) is 0 Å². The molecule has 0 aliphatic carbocycles. The molecule has 0 heterocycles. The third-order valence-electron chi connectivity index (χ3n) is 3.56. The maximum absolute atomic E-state index is 12.2. The number of hydrogen-bond donors (Lipinski definition) is 0. The molecule has 1 aromatic rings. The number of nitrogens with zero attached hydrogens (tertiary/aromatic N) is 1. The van der Waals surface area contributed by atoms with E-state index in [9.17, 15) is 18.5 Å². The van der Waals surface area contributed by atoms with Crippen molar-refractivity contribution >= 4 is 24.1 Å². The van der Waals surface area contributed by atoms with Crippen LogP contribution in [0, 0.1) is 10.1 Å². The molecule has 0 aromatic heterocycles. The molecular weight excluding hydrogens is 298 g/mol. The second-order valence-corrected chi connectivity index (χ2v) is 11.1. The van der Waals surface area contributed by atoms with E-state index in [1.165, 1.54) is 24.3 Å². The zero-order valence-corrected chi connectivity index (χ0v) is 13.6. The van der Waals surface area contributed by atoms with Gasteiger partial charge in [0.1, 0.15) is 0 Å². The van der Waals surface area contributed by atoms with Crippen molar-refractivity contribution in [3.63, 3.8) is 0 Å². The minimum atomic E-state index is -3.86. The molecule has 0 aliphatic rings. The molecule has 0 fully saturated rings. The summed E-state index contributed by atoms with van der Waals surface area (Å²) in [6.45, 7) is 5.81. The van der Waals surface area contributed by atoms with Crippen molar-refractivity contribution in [2.24, 2.45) is 0 Å². The van der Waals surface area contributed by atoms with Gasteiger partial charge in [-0.3, -0.25) is 10.1 Å². The van der Waals surface area contributed by atoms with E-state index < -0.39 is 23.4 Å². The highest BCUT2D eigenvalue weighted by molar-refractivity contribution is 7.87. The fraction of sp³-hybridized carbons (Fsp3) is 0.500. The van der Waals surface area contributed by atoms with Crippen LogP contribution < -0.4 is 0 Å². The largest absolute Gasteiger partial charge is 0.311 e. The molecule has 0 atom stereocenters. The summed E-state index contributed by atoms with van der Waals surface area (Å²) in [5, 5.41) is 10.6. The molecule has 0 amide bonds. The summed E-state index contributed by atoms with van der Waals surface area (Å²) in [4.78, 5) is 9.96. The van der Waals surface area contributed by atoms with Crippen LogP contribution >= 0.6 is 0 Å². The van der Waals surface area contributed by atoms with Gasteiger partial charge < -0.3 is 3.87 Å². The topological polar surface area (TPSA) is 86.5 Å². The summed E-state index contributed by atoms with van der Waals surface area (Å²) in [6.07, 6.45) is 0. The lowest BCUT2D eigenvalue weighted by molar-refractivity contribution is -0.384. The molecular formula is C12H19NO5SSi. The number of hydrogen-bond acceptors (Lipinski definition) is 5. The van der Waals surface area contributed by atoms with Crippen LogP contribution in [0.5, 0.6) is 0 Å². The molecule has 0 unspecified atom stereocenters. The second kappa shape index (κ2) is 6.46. The predicted octanol–water partition coefficient (Wildman–Crippen LogP) is 3.31. The molecule has 0 N–H and O–H groups in total. The molecule has 1 aromatic carbocycles. The van der Waals surface area contributed by atoms with Crippen LogP contribution in [-0.2, 0) is 14.0 Å². The highest BCUT2D eigenvalue weighted by Crippen LogP contribution is 2.27. The van der Waals surface area contributed by atoms with Crippen LogP contribution in [0.4, 0.5) is 5.69 Å².